The predicted molar refractivity (Wildman–Crippen MR) is 110 cm³/mol. The van der Waals surface area contributed by atoms with Gasteiger partial charge in [0, 0.05) is 13.1 Å². The smallest absolute Gasteiger partial charge is 0.148 e. The van der Waals surface area contributed by atoms with Crippen LogP contribution in [0.15, 0.2) is 48.7 Å². The predicted octanol–water partition coefficient (Wildman–Crippen LogP) is 4.89. The zero-order valence-electron chi connectivity index (χ0n) is 15.0. The van der Waals surface area contributed by atoms with E-state index >= 15 is 0 Å². The summed E-state index contributed by atoms with van der Waals surface area (Å²) in [5, 5.41) is 1.14. The Labute approximate surface area is 164 Å². The number of halogens is 2. The topological polar surface area (TPSA) is 32.3 Å². The van der Waals surface area contributed by atoms with Gasteiger partial charge in [0.2, 0.25) is 0 Å². The van der Waals surface area contributed by atoms with Crippen LogP contribution in [0.5, 0.6) is 0 Å². The van der Waals surface area contributed by atoms with Gasteiger partial charge in [-0.25, -0.2) is 4.98 Å². The minimum Gasteiger partial charge on any atom is -0.351 e. The Kier molecular flexibility index (Phi) is 6.30. The summed E-state index contributed by atoms with van der Waals surface area (Å²) in [6.07, 6.45) is 2.87. The number of fused-ring (bicyclic) bond motifs is 1. The molecule has 0 saturated carbocycles. The van der Waals surface area contributed by atoms with Crippen LogP contribution in [0.1, 0.15) is 12.0 Å². The molecule has 3 aromatic rings. The average molecular weight is 389 g/mol. The molecule has 1 heterocycles. The third-order valence-corrected chi connectivity index (χ3v) is 4.89. The molecule has 2 aromatic carbocycles. The second-order valence-electron chi connectivity index (χ2n) is 6.54. The van der Waals surface area contributed by atoms with Crippen LogP contribution in [0.25, 0.3) is 11.0 Å². The van der Waals surface area contributed by atoms with Crippen molar-refractivity contribution in [1.82, 2.24) is 14.9 Å². The highest BCUT2D eigenvalue weighted by molar-refractivity contribution is 6.42. The number of nitrogens with zero attached hydrogens (tertiary/aromatic N) is 4. The van der Waals surface area contributed by atoms with Crippen molar-refractivity contribution in [3.05, 3.63) is 64.3 Å². The molecule has 0 spiro atoms. The molecule has 0 aliphatic rings. The third-order valence-electron chi connectivity index (χ3n) is 4.15. The molecule has 0 unspecified atom stereocenters. The summed E-state index contributed by atoms with van der Waals surface area (Å²) in [6, 6.07) is 13.7. The van der Waals surface area contributed by atoms with Gasteiger partial charge in [0.15, 0.2) is 0 Å². The summed E-state index contributed by atoms with van der Waals surface area (Å²) in [7, 11) is 4.16. The number of aromatic nitrogens is 2. The molecule has 0 fully saturated rings. The van der Waals surface area contributed by atoms with Gasteiger partial charge in [0.05, 0.1) is 27.3 Å². The molecule has 0 aliphatic heterocycles. The first-order valence-electron chi connectivity index (χ1n) is 8.58. The highest BCUT2D eigenvalue weighted by Gasteiger charge is 2.12. The second-order valence-corrected chi connectivity index (χ2v) is 7.36. The molecule has 136 valence electrons. The van der Waals surface area contributed by atoms with E-state index in [0.717, 1.165) is 41.9 Å². The van der Waals surface area contributed by atoms with Crippen LogP contribution in [-0.4, -0.2) is 42.1 Å². The third kappa shape index (κ3) is 4.85. The van der Waals surface area contributed by atoms with Crippen LogP contribution in [0.3, 0.4) is 0 Å². The minimum atomic E-state index is 0.570. The zero-order chi connectivity index (χ0) is 18.5. The van der Waals surface area contributed by atoms with Crippen molar-refractivity contribution in [3.63, 3.8) is 0 Å². The molecule has 6 heteroatoms. The lowest BCUT2D eigenvalue weighted by Crippen LogP contribution is -2.27. The van der Waals surface area contributed by atoms with Crippen molar-refractivity contribution in [2.75, 3.05) is 32.1 Å². The Morgan fingerprint density at radius 1 is 0.923 bits per heavy atom. The van der Waals surface area contributed by atoms with E-state index in [2.05, 4.69) is 28.9 Å². The lowest BCUT2D eigenvalue weighted by atomic mass is 10.2. The van der Waals surface area contributed by atoms with Gasteiger partial charge in [-0.2, -0.15) is 0 Å². The first-order valence-corrected chi connectivity index (χ1v) is 9.34. The van der Waals surface area contributed by atoms with Crippen molar-refractivity contribution < 1.29 is 0 Å². The molecule has 1 aromatic heterocycles. The summed E-state index contributed by atoms with van der Waals surface area (Å²) in [6.45, 7) is 2.60. The molecule has 4 nitrogen and oxygen atoms in total. The van der Waals surface area contributed by atoms with E-state index in [-0.39, 0.29) is 0 Å². The van der Waals surface area contributed by atoms with E-state index in [0.29, 0.717) is 16.6 Å². The Morgan fingerprint density at radius 2 is 1.69 bits per heavy atom. The SMILES string of the molecule is CN(C)CCCN(Cc1ccc(Cl)c(Cl)c1)c1cnc2ccccc2n1. The standard InChI is InChI=1S/C20H22Cl2N4/c1-25(2)10-5-11-26(14-15-8-9-16(21)17(22)12-15)20-13-23-18-6-3-4-7-19(18)24-20/h3-4,6-9,12-13H,5,10-11,14H2,1-2H3. The zero-order valence-corrected chi connectivity index (χ0v) is 16.5. The van der Waals surface area contributed by atoms with E-state index < -0.39 is 0 Å². The average Bonchev–Trinajstić information content (AvgIpc) is 2.63. The van der Waals surface area contributed by atoms with Gasteiger partial charge in [0.1, 0.15) is 5.82 Å². The molecule has 0 amide bonds. The van der Waals surface area contributed by atoms with Gasteiger partial charge in [-0.3, -0.25) is 4.98 Å². The lowest BCUT2D eigenvalue weighted by Gasteiger charge is -2.25. The van der Waals surface area contributed by atoms with E-state index in [1.165, 1.54) is 0 Å². The Hall–Kier alpha value is -1.88. The van der Waals surface area contributed by atoms with Crippen LogP contribution < -0.4 is 4.90 Å². The molecule has 0 aliphatic carbocycles. The Balaban J connectivity index is 1.86. The van der Waals surface area contributed by atoms with Crippen molar-refractivity contribution in [2.45, 2.75) is 13.0 Å². The summed E-state index contributed by atoms with van der Waals surface area (Å²) in [5.41, 5.74) is 2.90. The summed E-state index contributed by atoms with van der Waals surface area (Å²) >= 11 is 12.2. The maximum absolute atomic E-state index is 6.18. The summed E-state index contributed by atoms with van der Waals surface area (Å²) in [5.74, 6) is 0.869. The fourth-order valence-electron chi connectivity index (χ4n) is 2.81. The number of anilines is 1. The molecule has 0 bridgehead atoms. The highest BCUT2D eigenvalue weighted by Crippen LogP contribution is 2.24. The number of para-hydroxylation sites is 2. The monoisotopic (exact) mass is 388 g/mol. The van der Waals surface area contributed by atoms with Gasteiger partial charge in [0.25, 0.3) is 0 Å². The number of benzene rings is 2. The van der Waals surface area contributed by atoms with Gasteiger partial charge < -0.3 is 9.80 Å². The largest absolute Gasteiger partial charge is 0.351 e. The minimum absolute atomic E-state index is 0.570. The van der Waals surface area contributed by atoms with Gasteiger partial charge in [-0.15, -0.1) is 0 Å². The normalized spacial score (nSPS) is 11.3. The molecule has 3 rings (SSSR count). The van der Waals surface area contributed by atoms with Crippen LogP contribution in [0.4, 0.5) is 5.82 Å². The van der Waals surface area contributed by atoms with Crippen molar-refractivity contribution in [1.29, 1.82) is 0 Å². The molecule has 0 saturated heterocycles. The van der Waals surface area contributed by atoms with Crippen LogP contribution in [0, 0.1) is 0 Å². The molecular weight excluding hydrogens is 367 g/mol. The quantitative estimate of drug-likeness (QED) is 0.576. The first kappa shape index (κ1) is 18.9. The van der Waals surface area contributed by atoms with E-state index in [1.54, 1.807) is 0 Å². The van der Waals surface area contributed by atoms with Crippen molar-refractivity contribution in [2.24, 2.45) is 0 Å². The summed E-state index contributed by atoms with van der Waals surface area (Å²) in [4.78, 5) is 13.8. The Morgan fingerprint density at radius 3 is 2.42 bits per heavy atom. The molecule has 0 N–H and O–H groups in total. The Bertz CT molecular complexity index is 883. The van der Waals surface area contributed by atoms with Gasteiger partial charge in [-0.1, -0.05) is 41.4 Å². The maximum atomic E-state index is 6.18. The van der Waals surface area contributed by atoms with Crippen LogP contribution in [-0.2, 0) is 6.54 Å². The number of hydrogen-bond donors (Lipinski definition) is 0. The fourth-order valence-corrected chi connectivity index (χ4v) is 3.13. The van der Waals surface area contributed by atoms with Crippen LogP contribution >= 0.6 is 23.2 Å². The van der Waals surface area contributed by atoms with E-state index in [4.69, 9.17) is 28.2 Å². The summed E-state index contributed by atoms with van der Waals surface area (Å²) < 4.78 is 0. The lowest BCUT2D eigenvalue weighted by molar-refractivity contribution is 0.400. The van der Waals surface area contributed by atoms with Crippen molar-refractivity contribution in [3.8, 4) is 0 Å². The van der Waals surface area contributed by atoms with E-state index in [1.807, 2.05) is 48.7 Å². The highest BCUT2D eigenvalue weighted by atomic mass is 35.5. The van der Waals surface area contributed by atoms with Crippen molar-refractivity contribution >= 4 is 40.1 Å². The second kappa shape index (κ2) is 8.67. The van der Waals surface area contributed by atoms with Gasteiger partial charge in [-0.05, 0) is 56.9 Å². The first-order chi connectivity index (χ1) is 12.5. The van der Waals surface area contributed by atoms with Gasteiger partial charge >= 0.3 is 0 Å². The number of hydrogen-bond acceptors (Lipinski definition) is 4. The fraction of sp³-hybridized carbons (Fsp3) is 0.300. The van der Waals surface area contributed by atoms with Crippen LogP contribution in [0.2, 0.25) is 10.0 Å². The van der Waals surface area contributed by atoms with E-state index in [9.17, 15) is 0 Å². The maximum Gasteiger partial charge on any atom is 0.148 e. The number of rotatable bonds is 7. The molecule has 26 heavy (non-hydrogen) atoms. The molecule has 0 radical (unpaired) electrons. The molecular formula is C20H22Cl2N4. The molecule has 0 atom stereocenters.